The molecular formula is C21H28N4O5S2. The number of benzene rings is 1. The van der Waals surface area contributed by atoms with Crippen LogP contribution in [0.4, 0.5) is 0 Å². The van der Waals surface area contributed by atoms with Gasteiger partial charge in [0.25, 0.3) is 5.91 Å². The van der Waals surface area contributed by atoms with Crippen molar-refractivity contribution in [3.63, 3.8) is 0 Å². The van der Waals surface area contributed by atoms with E-state index in [1.807, 2.05) is 0 Å². The minimum atomic E-state index is -3.60. The number of nitrogens with one attached hydrogen (secondary N) is 1. The van der Waals surface area contributed by atoms with Crippen molar-refractivity contribution in [2.45, 2.75) is 42.0 Å². The highest BCUT2D eigenvalue weighted by Crippen LogP contribution is 2.23. The summed E-state index contributed by atoms with van der Waals surface area (Å²) in [5.41, 5.74) is 0.994. The van der Waals surface area contributed by atoms with Crippen molar-refractivity contribution < 1.29 is 21.6 Å². The van der Waals surface area contributed by atoms with Gasteiger partial charge < -0.3 is 9.88 Å². The smallest absolute Gasteiger partial charge is 0.268 e. The van der Waals surface area contributed by atoms with E-state index in [-0.39, 0.29) is 22.0 Å². The van der Waals surface area contributed by atoms with Gasteiger partial charge in [0.1, 0.15) is 10.6 Å². The number of amides is 1. The standard InChI is InChI=1S/C21H28N4O5S2/c1-23-16-19(32(29,30)25-12-4-5-13-25)14-20(23)21(26)22-15-17-6-8-18(9-7-17)31(27,28)24-10-2-3-11-24/h6-9,14,16H,2-5,10-13,15H2,1H3,(H,22,26). The number of hydrogen-bond acceptors (Lipinski definition) is 5. The number of hydrogen-bond donors (Lipinski definition) is 1. The van der Waals surface area contributed by atoms with E-state index in [1.165, 1.54) is 25.4 Å². The van der Waals surface area contributed by atoms with E-state index in [0.29, 0.717) is 26.2 Å². The summed E-state index contributed by atoms with van der Waals surface area (Å²) in [4.78, 5) is 13.0. The molecule has 1 amide bonds. The maximum absolute atomic E-state index is 12.7. The van der Waals surface area contributed by atoms with Crippen LogP contribution in [-0.2, 0) is 33.6 Å². The number of aryl methyl sites for hydroxylation is 1. The van der Waals surface area contributed by atoms with E-state index < -0.39 is 26.0 Å². The zero-order valence-electron chi connectivity index (χ0n) is 18.0. The molecule has 3 heterocycles. The second-order valence-electron chi connectivity index (χ2n) is 8.22. The molecule has 0 bridgehead atoms. The van der Waals surface area contributed by atoms with Gasteiger partial charge in [0.15, 0.2) is 0 Å². The molecule has 2 aliphatic rings. The van der Waals surface area contributed by atoms with E-state index in [2.05, 4.69) is 5.32 Å². The summed E-state index contributed by atoms with van der Waals surface area (Å²) in [5, 5.41) is 2.78. The highest BCUT2D eigenvalue weighted by Gasteiger charge is 2.30. The molecule has 1 aromatic heterocycles. The molecular weight excluding hydrogens is 452 g/mol. The fourth-order valence-electron chi connectivity index (χ4n) is 4.11. The van der Waals surface area contributed by atoms with Crippen LogP contribution in [0.3, 0.4) is 0 Å². The molecule has 0 spiro atoms. The van der Waals surface area contributed by atoms with Crippen molar-refractivity contribution in [2.24, 2.45) is 7.05 Å². The number of carbonyl (C=O) groups is 1. The Morgan fingerprint density at radius 2 is 1.34 bits per heavy atom. The third-order valence-corrected chi connectivity index (χ3v) is 9.77. The van der Waals surface area contributed by atoms with E-state index in [4.69, 9.17) is 0 Å². The van der Waals surface area contributed by atoms with Gasteiger partial charge in [-0.3, -0.25) is 4.79 Å². The molecule has 2 aliphatic heterocycles. The molecule has 2 saturated heterocycles. The van der Waals surface area contributed by atoms with Crippen molar-refractivity contribution in [3.8, 4) is 0 Å². The van der Waals surface area contributed by atoms with E-state index in [1.54, 1.807) is 31.3 Å². The van der Waals surface area contributed by atoms with Crippen LogP contribution in [0.25, 0.3) is 0 Å². The third-order valence-electron chi connectivity index (χ3n) is 5.99. The number of aromatic nitrogens is 1. The fraction of sp³-hybridized carbons (Fsp3) is 0.476. The Kier molecular flexibility index (Phi) is 6.44. The molecule has 0 saturated carbocycles. The second kappa shape index (κ2) is 8.97. The van der Waals surface area contributed by atoms with Crippen LogP contribution >= 0.6 is 0 Å². The lowest BCUT2D eigenvalue weighted by Crippen LogP contribution is -2.28. The monoisotopic (exact) mass is 480 g/mol. The first-order chi connectivity index (χ1) is 15.2. The van der Waals surface area contributed by atoms with Gasteiger partial charge in [-0.2, -0.15) is 8.61 Å². The molecule has 1 N–H and O–H groups in total. The third kappa shape index (κ3) is 4.47. The van der Waals surface area contributed by atoms with Crippen LogP contribution in [-0.4, -0.2) is 62.1 Å². The Balaban J connectivity index is 1.41. The molecule has 0 unspecified atom stereocenters. The van der Waals surface area contributed by atoms with Gasteiger partial charge in [0, 0.05) is 46.0 Å². The van der Waals surface area contributed by atoms with Crippen molar-refractivity contribution >= 4 is 26.0 Å². The predicted octanol–water partition coefficient (Wildman–Crippen LogP) is 1.52. The zero-order valence-corrected chi connectivity index (χ0v) is 19.7. The number of carbonyl (C=O) groups excluding carboxylic acids is 1. The molecule has 11 heteroatoms. The van der Waals surface area contributed by atoms with Gasteiger partial charge in [-0.1, -0.05) is 12.1 Å². The summed E-state index contributed by atoms with van der Waals surface area (Å²) < 4.78 is 55.1. The first kappa shape index (κ1) is 23.0. The normalized spacial score (nSPS) is 18.3. The first-order valence-electron chi connectivity index (χ1n) is 10.7. The van der Waals surface area contributed by atoms with Crippen molar-refractivity contribution in [3.05, 3.63) is 47.8 Å². The maximum atomic E-state index is 12.7. The molecule has 2 fully saturated rings. The van der Waals surface area contributed by atoms with Gasteiger partial charge in [-0.15, -0.1) is 0 Å². The molecule has 32 heavy (non-hydrogen) atoms. The lowest BCUT2D eigenvalue weighted by atomic mass is 10.2. The molecule has 1 aromatic carbocycles. The van der Waals surface area contributed by atoms with Crippen molar-refractivity contribution in [1.29, 1.82) is 0 Å². The topological polar surface area (TPSA) is 109 Å². The molecule has 0 radical (unpaired) electrons. The Hall–Kier alpha value is -2.21. The van der Waals surface area contributed by atoms with E-state index in [0.717, 1.165) is 31.2 Å². The van der Waals surface area contributed by atoms with Gasteiger partial charge >= 0.3 is 0 Å². The zero-order chi connectivity index (χ0) is 22.9. The Bertz CT molecular complexity index is 1190. The lowest BCUT2D eigenvalue weighted by molar-refractivity contribution is 0.0942. The molecule has 9 nitrogen and oxygen atoms in total. The Morgan fingerprint density at radius 1 is 0.844 bits per heavy atom. The van der Waals surface area contributed by atoms with Crippen LogP contribution in [0.15, 0.2) is 46.3 Å². The van der Waals surface area contributed by atoms with Crippen LogP contribution in [0.2, 0.25) is 0 Å². The van der Waals surface area contributed by atoms with Crippen LogP contribution in [0, 0.1) is 0 Å². The maximum Gasteiger partial charge on any atom is 0.268 e. The van der Waals surface area contributed by atoms with Crippen LogP contribution in [0.5, 0.6) is 0 Å². The molecule has 0 aliphatic carbocycles. The summed E-state index contributed by atoms with van der Waals surface area (Å²) in [6.45, 7) is 2.30. The molecule has 0 atom stereocenters. The minimum absolute atomic E-state index is 0.114. The summed E-state index contributed by atoms with van der Waals surface area (Å²) >= 11 is 0. The average Bonchev–Trinajstić information content (AvgIpc) is 3.54. The first-order valence-corrected chi connectivity index (χ1v) is 13.6. The predicted molar refractivity (Wildman–Crippen MR) is 119 cm³/mol. The highest BCUT2D eigenvalue weighted by atomic mass is 32.2. The Morgan fingerprint density at radius 3 is 1.88 bits per heavy atom. The average molecular weight is 481 g/mol. The summed E-state index contributed by atoms with van der Waals surface area (Å²) in [5.74, 6) is -0.399. The Labute approximate surface area is 189 Å². The van der Waals surface area contributed by atoms with Gasteiger partial charge in [-0.25, -0.2) is 16.8 Å². The summed E-state index contributed by atoms with van der Waals surface area (Å²) in [7, 11) is -5.43. The van der Waals surface area contributed by atoms with Gasteiger partial charge in [0.2, 0.25) is 20.0 Å². The van der Waals surface area contributed by atoms with Crippen molar-refractivity contribution in [1.82, 2.24) is 18.5 Å². The SMILES string of the molecule is Cn1cc(S(=O)(=O)N2CCCC2)cc1C(=O)NCc1ccc(S(=O)(=O)N2CCCC2)cc1. The molecule has 2 aromatic rings. The fourth-order valence-corrected chi connectivity index (χ4v) is 7.21. The number of sulfonamides is 2. The number of nitrogens with zero attached hydrogens (tertiary/aromatic N) is 3. The lowest BCUT2D eigenvalue weighted by Gasteiger charge is -2.15. The summed E-state index contributed by atoms with van der Waals surface area (Å²) in [6.07, 6.45) is 4.91. The van der Waals surface area contributed by atoms with Gasteiger partial charge in [0.05, 0.1) is 4.90 Å². The molecule has 4 rings (SSSR count). The summed E-state index contributed by atoms with van der Waals surface area (Å²) in [6, 6.07) is 7.86. The number of rotatable bonds is 7. The van der Waals surface area contributed by atoms with Crippen LogP contribution < -0.4 is 5.32 Å². The van der Waals surface area contributed by atoms with E-state index >= 15 is 0 Å². The quantitative estimate of drug-likeness (QED) is 0.646. The van der Waals surface area contributed by atoms with E-state index in [9.17, 15) is 21.6 Å². The highest BCUT2D eigenvalue weighted by molar-refractivity contribution is 7.89. The molecule has 174 valence electrons. The minimum Gasteiger partial charge on any atom is -0.347 e. The van der Waals surface area contributed by atoms with Crippen molar-refractivity contribution in [2.75, 3.05) is 26.2 Å². The largest absolute Gasteiger partial charge is 0.347 e. The van der Waals surface area contributed by atoms with Gasteiger partial charge in [-0.05, 0) is 49.4 Å². The van der Waals surface area contributed by atoms with Crippen LogP contribution in [0.1, 0.15) is 41.7 Å². The second-order valence-corrected chi connectivity index (χ2v) is 12.1.